The predicted molar refractivity (Wildman–Crippen MR) is 88.2 cm³/mol. The van der Waals surface area contributed by atoms with Crippen molar-refractivity contribution >= 4 is 17.7 Å². The van der Waals surface area contributed by atoms with Crippen LogP contribution in [0.2, 0.25) is 0 Å². The Morgan fingerprint density at radius 1 is 1.25 bits per heavy atom. The van der Waals surface area contributed by atoms with Gasteiger partial charge in [0.25, 0.3) is 5.91 Å². The van der Waals surface area contributed by atoms with Crippen LogP contribution in [0, 0.1) is 17.8 Å². The fourth-order valence-corrected chi connectivity index (χ4v) is 5.59. The molecule has 1 N–H and O–H groups in total. The molecule has 0 aromatic rings. The summed E-state index contributed by atoms with van der Waals surface area (Å²) in [5.41, 5.74) is -0.777. The van der Waals surface area contributed by atoms with E-state index in [1.165, 1.54) is 24.2 Å². The second-order valence-corrected chi connectivity index (χ2v) is 8.28. The maximum atomic E-state index is 13.2. The van der Waals surface area contributed by atoms with Crippen molar-refractivity contribution in [2.75, 3.05) is 20.1 Å². The number of rotatable bonds is 4. The monoisotopic (exact) mass is 333 g/mol. The number of Topliss-reactive ketones (excluding diaryl/α,β-unsaturated/α-hetero) is 1. The van der Waals surface area contributed by atoms with E-state index in [2.05, 4.69) is 5.32 Å². The van der Waals surface area contributed by atoms with Crippen LogP contribution in [0.4, 0.5) is 4.79 Å². The highest BCUT2D eigenvalue weighted by Crippen LogP contribution is 2.54. The van der Waals surface area contributed by atoms with Gasteiger partial charge in [-0.1, -0.05) is 6.42 Å². The molecule has 2 saturated heterocycles. The second-order valence-electron chi connectivity index (χ2n) is 8.28. The van der Waals surface area contributed by atoms with Crippen LogP contribution in [-0.2, 0) is 9.59 Å². The number of urea groups is 1. The van der Waals surface area contributed by atoms with E-state index in [0.29, 0.717) is 11.8 Å². The molecule has 0 spiro atoms. The first-order valence-corrected chi connectivity index (χ1v) is 9.28. The van der Waals surface area contributed by atoms with Gasteiger partial charge in [0, 0.05) is 7.05 Å². The van der Waals surface area contributed by atoms with Crippen molar-refractivity contribution in [3.05, 3.63) is 0 Å². The maximum Gasteiger partial charge on any atom is 0.327 e. The Morgan fingerprint density at radius 3 is 2.62 bits per heavy atom. The van der Waals surface area contributed by atoms with Crippen LogP contribution in [0.5, 0.6) is 0 Å². The molecule has 0 radical (unpaired) electrons. The van der Waals surface area contributed by atoms with E-state index in [9.17, 15) is 14.4 Å². The number of imide groups is 1. The van der Waals surface area contributed by atoms with Crippen molar-refractivity contribution in [2.24, 2.45) is 17.8 Å². The van der Waals surface area contributed by atoms with E-state index in [1.807, 2.05) is 6.92 Å². The molecule has 3 unspecified atom stereocenters. The Kier molecular flexibility index (Phi) is 3.71. The van der Waals surface area contributed by atoms with Crippen LogP contribution < -0.4 is 5.32 Å². The molecule has 2 aliphatic heterocycles. The average Bonchev–Trinajstić information content (AvgIpc) is 3.35. The van der Waals surface area contributed by atoms with Gasteiger partial charge in [-0.05, 0) is 63.3 Å². The number of nitrogens with one attached hydrogen (secondary N) is 1. The molecule has 4 fully saturated rings. The maximum absolute atomic E-state index is 13.2. The molecule has 4 aliphatic rings. The fraction of sp³-hybridized carbons (Fsp3) is 0.833. The van der Waals surface area contributed by atoms with Crippen molar-refractivity contribution in [2.45, 2.75) is 57.0 Å². The molecule has 3 amide bonds. The number of fused-ring (bicyclic) bond motifs is 2. The zero-order valence-corrected chi connectivity index (χ0v) is 14.6. The standard InChI is InChI=1S/C18H27N3O3/c1-18(13-9-11-5-6-12(13)8-11)16(23)21(17(24)20(18)2)10-15(22)14-4-3-7-19-14/h11-14,19H,3-10H2,1-2H3/t11-,12+,13?,14?,18?/m1/s1. The van der Waals surface area contributed by atoms with Crippen molar-refractivity contribution in [3.63, 3.8) is 0 Å². The third kappa shape index (κ3) is 2.15. The van der Waals surface area contributed by atoms with Crippen molar-refractivity contribution in [1.29, 1.82) is 0 Å². The molecule has 4 rings (SSSR count). The SMILES string of the molecule is CN1C(=O)N(CC(=O)C2CCCN2)C(=O)C1(C)C1C[C@@H]2CC[C@H]1C2. The lowest BCUT2D eigenvalue weighted by atomic mass is 9.74. The summed E-state index contributed by atoms with van der Waals surface area (Å²) >= 11 is 0. The Hall–Kier alpha value is -1.43. The summed E-state index contributed by atoms with van der Waals surface area (Å²) in [7, 11) is 1.73. The quantitative estimate of drug-likeness (QED) is 0.790. The molecule has 0 aromatic carbocycles. The lowest BCUT2D eigenvalue weighted by molar-refractivity contribution is -0.138. The minimum Gasteiger partial charge on any atom is -0.313 e. The molecule has 0 aromatic heterocycles. The minimum atomic E-state index is -0.777. The average molecular weight is 333 g/mol. The van der Waals surface area contributed by atoms with Gasteiger partial charge in [-0.3, -0.25) is 14.5 Å². The molecular weight excluding hydrogens is 306 g/mol. The highest BCUT2D eigenvalue weighted by atomic mass is 16.2. The third-order valence-electron chi connectivity index (χ3n) is 7.12. The van der Waals surface area contributed by atoms with Crippen LogP contribution >= 0.6 is 0 Å². The summed E-state index contributed by atoms with van der Waals surface area (Å²) in [4.78, 5) is 41.1. The predicted octanol–water partition coefficient (Wildman–Crippen LogP) is 1.40. The molecule has 2 bridgehead atoms. The van der Waals surface area contributed by atoms with Crippen LogP contribution in [0.1, 0.15) is 45.4 Å². The number of carbonyl (C=O) groups is 3. The van der Waals surface area contributed by atoms with E-state index in [1.54, 1.807) is 11.9 Å². The van der Waals surface area contributed by atoms with Gasteiger partial charge in [0.15, 0.2) is 5.78 Å². The normalized spacial score (nSPS) is 41.8. The number of hydrogen-bond acceptors (Lipinski definition) is 4. The molecule has 5 atom stereocenters. The molecule has 6 nitrogen and oxygen atoms in total. The number of hydrogen-bond donors (Lipinski definition) is 1. The first kappa shape index (κ1) is 16.1. The van der Waals surface area contributed by atoms with E-state index >= 15 is 0 Å². The lowest BCUT2D eigenvalue weighted by Crippen LogP contribution is -2.53. The summed E-state index contributed by atoms with van der Waals surface area (Å²) < 4.78 is 0. The number of likely N-dealkylation sites (N-methyl/N-ethyl adjacent to an activating group) is 1. The summed E-state index contributed by atoms with van der Waals surface area (Å²) in [6, 6.07) is -0.512. The first-order valence-electron chi connectivity index (χ1n) is 9.28. The highest BCUT2D eigenvalue weighted by Gasteiger charge is 2.61. The topological polar surface area (TPSA) is 69.7 Å². The van der Waals surface area contributed by atoms with Crippen molar-refractivity contribution in [3.8, 4) is 0 Å². The number of amides is 3. The largest absolute Gasteiger partial charge is 0.327 e. The van der Waals surface area contributed by atoms with Gasteiger partial charge < -0.3 is 10.2 Å². The Labute approximate surface area is 142 Å². The van der Waals surface area contributed by atoms with Gasteiger partial charge in [0.1, 0.15) is 5.54 Å². The minimum absolute atomic E-state index is 0.0419. The number of carbonyl (C=O) groups excluding carboxylic acids is 3. The second kappa shape index (κ2) is 5.55. The van der Waals surface area contributed by atoms with Gasteiger partial charge >= 0.3 is 6.03 Å². The zero-order chi connectivity index (χ0) is 17.1. The number of ketones is 1. The molecule has 24 heavy (non-hydrogen) atoms. The van der Waals surface area contributed by atoms with E-state index in [-0.39, 0.29) is 36.2 Å². The number of nitrogens with zero attached hydrogens (tertiary/aromatic N) is 2. The first-order chi connectivity index (χ1) is 11.4. The van der Waals surface area contributed by atoms with Gasteiger partial charge in [0.05, 0.1) is 12.6 Å². The zero-order valence-electron chi connectivity index (χ0n) is 14.6. The summed E-state index contributed by atoms with van der Waals surface area (Å²) in [6.45, 7) is 2.66. The molecule has 132 valence electrons. The van der Waals surface area contributed by atoms with Crippen LogP contribution in [0.25, 0.3) is 0 Å². The van der Waals surface area contributed by atoms with Crippen molar-refractivity contribution < 1.29 is 14.4 Å². The smallest absolute Gasteiger partial charge is 0.313 e. The molecule has 6 heteroatoms. The lowest BCUT2D eigenvalue weighted by Gasteiger charge is -2.39. The van der Waals surface area contributed by atoms with E-state index < -0.39 is 5.54 Å². The van der Waals surface area contributed by atoms with Crippen LogP contribution in [-0.4, -0.2) is 59.2 Å². The van der Waals surface area contributed by atoms with Gasteiger partial charge in [0.2, 0.25) is 0 Å². The highest BCUT2D eigenvalue weighted by molar-refractivity contribution is 6.09. The fourth-order valence-electron chi connectivity index (χ4n) is 5.59. The molecule has 2 saturated carbocycles. The summed E-state index contributed by atoms with van der Waals surface area (Å²) in [5.74, 6) is 1.29. The Balaban J connectivity index is 1.54. The van der Waals surface area contributed by atoms with Gasteiger partial charge in [-0.25, -0.2) is 4.79 Å². The Morgan fingerprint density at radius 2 is 2.04 bits per heavy atom. The van der Waals surface area contributed by atoms with Crippen LogP contribution in [0.15, 0.2) is 0 Å². The van der Waals surface area contributed by atoms with E-state index in [0.717, 1.165) is 25.8 Å². The van der Waals surface area contributed by atoms with Gasteiger partial charge in [-0.15, -0.1) is 0 Å². The molecule has 2 heterocycles. The Bertz CT molecular complexity index is 586. The summed E-state index contributed by atoms with van der Waals surface area (Å²) in [5, 5.41) is 3.16. The molecular formula is C18H27N3O3. The van der Waals surface area contributed by atoms with E-state index in [4.69, 9.17) is 0 Å². The van der Waals surface area contributed by atoms with Crippen molar-refractivity contribution in [1.82, 2.24) is 15.1 Å². The summed E-state index contributed by atoms with van der Waals surface area (Å²) in [6.07, 6.45) is 6.44. The third-order valence-corrected chi connectivity index (χ3v) is 7.12. The van der Waals surface area contributed by atoms with Crippen LogP contribution in [0.3, 0.4) is 0 Å². The van der Waals surface area contributed by atoms with Gasteiger partial charge in [-0.2, -0.15) is 0 Å². The molecule has 2 aliphatic carbocycles.